The van der Waals surface area contributed by atoms with Crippen LogP contribution in [-0.2, 0) is 16.1 Å². The molecular formula is C27H41N5O4. The van der Waals surface area contributed by atoms with Crippen LogP contribution in [0.2, 0.25) is 0 Å². The van der Waals surface area contributed by atoms with Crippen molar-refractivity contribution in [1.82, 2.24) is 25.1 Å². The predicted octanol–water partition coefficient (Wildman–Crippen LogP) is 3.06. The second-order valence-corrected chi connectivity index (χ2v) is 10.8. The summed E-state index contributed by atoms with van der Waals surface area (Å²) in [6, 6.07) is 6.75. The van der Waals surface area contributed by atoms with Gasteiger partial charge >= 0.3 is 6.03 Å². The van der Waals surface area contributed by atoms with Crippen LogP contribution in [-0.4, -0.2) is 83.7 Å². The quantitative estimate of drug-likeness (QED) is 0.623. The number of nitrogens with zero attached hydrogens (tertiary/aromatic N) is 4. The van der Waals surface area contributed by atoms with Gasteiger partial charge in [-0.15, -0.1) is 0 Å². The Hall–Kier alpha value is -2.81. The molecule has 2 saturated heterocycles. The van der Waals surface area contributed by atoms with E-state index >= 15 is 0 Å². The van der Waals surface area contributed by atoms with Gasteiger partial charge in [0.15, 0.2) is 0 Å². The minimum Gasteiger partial charge on any atom is -0.497 e. The van der Waals surface area contributed by atoms with Crippen molar-refractivity contribution in [3.8, 4) is 5.75 Å². The first-order valence-electron chi connectivity index (χ1n) is 13.3. The van der Waals surface area contributed by atoms with Gasteiger partial charge in [0.2, 0.25) is 11.8 Å². The van der Waals surface area contributed by atoms with Crippen LogP contribution in [0.15, 0.2) is 24.3 Å². The van der Waals surface area contributed by atoms with Gasteiger partial charge in [0, 0.05) is 20.1 Å². The highest BCUT2D eigenvalue weighted by atomic mass is 16.5. The summed E-state index contributed by atoms with van der Waals surface area (Å²) in [6.07, 6.45) is 6.02. The molecule has 2 aliphatic heterocycles. The van der Waals surface area contributed by atoms with Gasteiger partial charge < -0.3 is 19.9 Å². The van der Waals surface area contributed by atoms with Gasteiger partial charge in [0.1, 0.15) is 18.0 Å². The SMILES string of the molecule is COc1ccc(CNC(=O)N2[C@H]3CN(CC4CCCCC4)C(=O)[C@H](CC(C)C)N3C(=O)CN2C)cc1. The number of amides is 4. The molecule has 3 fully saturated rings. The van der Waals surface area contributed by atoms with Crippen LogP contribution in [0.1, 0.15) is 57.9 Å². The summed E-state index contributed by atoms with van der Waals surface area (Å²) >= 11 is 0. The van der Waals surface area contributed by atoms with E-state index in [0.29, 0.717) is 32.0 Å². The lowest BCUT2D eigenvalue weighted by atomic mass is 9.88. The standard InChI is InChI=1S/C27H41N5O4/c1-19(2)14-23-26(34)30(16-21-8-6-5-7-9-21)17-24-31(23)25(33)18-29(3)32(24)27(35)28-15-20-10-12-22(36-4)13-11-20/h10-13,19,21,23-24H,5-9,14-18H2,1-4H3,(H,28,35)/t23-,24-/m0/s1. The smallest absolute Gasteiger partial charge is 0.334 e. The Morgan fingerprint density at radius 1 is 1.11 bits per heavy atom. The zero-order valence-corrected chi connectivity index (χ0v) is 22.1. The number of ether oxygens (including phenoxy) is 1. The van der Waals surface area contributed by atoms with E-state index in [0.717, 1.165) is 24.2 Å². The molecule has 0 unspecified atom stereocenters. The number of carbonyl (C=O) groups is 3. The molecule has 0 bridgehead atoms. The van der Waals surface area contributed by atoms with Crippen LogP contribution in [0.5, 0.6) is 5.75 Å². The van der Waals surface area contributed by atoms with E-state index < -0.39 is 12.2 Å². The maximum atomic E-state index is 13.6. The molecule has 4 amide bonds. The summed E-state index contributed by atoms with van der Waals surface area (Å²) in [4.78, 5) is 44.0. The maximum absolute atomic E-state index is 13.6. The van der Waals surface area contributed by atoms with Gasteiger partial charge in [0.05, 0.1) is 20.2 Å². The summed E-state index contributed by atoms with van der Waals surface area (Å²) in [5, 5.41) is 6.34. The molecule has 4 rings (SSSR count). The molecular weight excluding hydrogens is 458 g/mol. The number of hydrogen-bond acceptors (Lipinski definition) is 5. The fourth-order valence-electron chi connectivity index (χ4n) is 5.83. The monoisotopic (exact) mass is 499 g/mol. The molecule has 0 aromatic heterocycles. The number of likely N-dealkylation sites (N-methyl/N-ethyl adjacent to an activating group) is 1. The zero-order chi connectivity index (χ0) is 25.8. The number of fused-ring (bicyclic) bond motifs is 1. The molecule has 9 nitrogen and oxygen atoms in total. The highest BCUT2D eigenvalue weighted by Crippen LogP contribution is 2.31. The lowest BCUT2D eigenvalue weighted by Crippen LogP contribution is -2.76. The van der Waals surface area contributed by atoms with Crippen molar-refractivity contribution in [2.75, 3.05) is 33.8 Å². The Labute approximate surface area is 214 Å². The normalized spacial score (nSPS) is 23.8. The fraction of sp³-hybridized carbons (Fsp3) is 0.667. The minimum absolute atomic E-state index is 0.0296. The Morgan fingerprint density at radius 2 is 1.81 bits per heavy atom. The van der Waals surface area contributed by atoms with E-state index in [-0.39, 0.29) is 30.3 Å². The molecule has 2 atom stereocenters. The third-order valence-corrected chi connectivity index (χ3v) is 7.65. The Morgan fingerprint density at radius 3 is 2.44 bits per heavy atom. The molecule has 1 N–H and O–H groups in total. The molecule has 3 aliphatic rings. The van der Waals surface area contributed by atoms with Crippen molar-refractivity contribution < 1.29 is 19.1 Å². The Bertz CT molecular complexity index is 931. The topological polar surface area (TPSA) is 85.4 Å². The van der Waals surface area contributed by atoms with Gasteiger partial charge in [-0.2, -0.15) is 0 Å². The third-order valence-electron chi connectivity index (χ3n) is 7.65. The number of benzene rings is 1. The fourth-order valence-corrected chi connectivity index (χ4v) is 5.83. The zero-order valence-electron chi connectivity index (χ0n) is 22.1. The van der Waals surface area contributed by atoms with Crippen LogP contribution in [0, 0.1) is 11.8 Å². The first kappa shape index (κ1) is 26.3. The molecule has 1 aromatic rings. The lowest BCUT2D eigenvalue weighted by Gasteiger charge is -2.55. The lowest BCUT2D eigenvalue weighted by molar-refractivity contribution is -0.188. The largest absolute Gasteiger partial charge is 0.497 e. The maximum Gasteiger partial charge on any atom is 0.334 e. The van der Waals surface area contributed by atoms with Gasteiger partial charge in [0.25, 0.3) is 0 Å². The van der Waals surface area contributed by atoms with E-state index in [4.69, 9.17) is 4.74 Å². The van der Waals surface area contributed by atoms with Gasteiger partial charge in [-0.05, 0) is 48.8 Å². The number of nitrogens with one attached hydrogen (secondary N) is 1. The van der Waals surface area contributed by atoms with E-state index in [1.165, 1.54) is 19.3 Å². The van der Waals surface area contributed by atoms with Crippen molar-refractivity contribution in [2.24, 2.45) is 11.8 Å². The molecule has 0 spiro atoms. The minimum atomic E-state index is -0.537. The average Bonchev–Trinajstić information content (AvgIpc) is 2.85. The number of hydrazine groups is 1. The summed E-state index contributed by atoms with van der Waals surface area (Å²) < 4.78 is 5.21. The van der Waals surface area contributed by atoms with Crippen molar-refractivity contribution in [2.45, 2.75) is 71.1 Å². The summed E-state index contributed by atoms with van der Waals surface area (Å²) in [5.41, 5.74) is 0.951. The van der Waals surface area contributed by atoms with Crippen LogP contribution >= 0.6 is 0 Å². The van der Waals surface area contributed by atoms with Crippen molar-refractivity contribution in [1.29, 1.82) is 0 Å². The molecule has 0 radical (unpaired) electrons. The molecule has 198 valence electrons. The van der Waals surface area contributed by atoms with Crippen molar-refractivity contribution >= 4 is 17.8 Å². The van der Waals surface area contributed by atoms with E-state index in [1.807, 2.05) is 29.2 Å². The van der Waals surface area contributed by atoms with E-state index in [2.05, 4.69) is 19.2 Å². The average molecular weight is 500 g/mol. The first-order valence-corrected chi connectivity index (χ1v) is 13.3. The van der Waals surface area contributed by atoms with Crippen LogP contribution < -0.4 is 10.1 Å². The molecule has 1 aliphatic carbocycles. The molecule has 1 aromatic carbocycles. The van der Waals surface area contributed by atoms with Crippen LogP contribution in [0.25, 0.3) is 0 Å². The number of urea groups is 1. The summed E-state index contributed by atoms with van der Waals surface area (Å²) in [6.45, 7) is 5.61. The number of piperazine rings is 1. The van der Waals surface area contributed by atoms with Crippen LogP contribution in [0.3, 0.4) is 0 Å². The van der Waals surface area contributed by atoms with Crippen molar-refractivity contribution in [3.05, 3.63) is 29.8 Å². The summed E-state index contributed by atoms with van der Waals surface area (Å²) in [7, 11) is 3.39. The second-order valence-electron chi connectivity index (χ2n) is 10.8. The van der Waals surface area contributed by atoms with Gasteiger partial charge in [-0.3, -0.25) is 9.59 Å². The number of rotatable bonds is 7. The first-order chi connectivity index (χ1) is 17.3. The third kappa shape index (κ3) is 5.77. The number of methoxy groups -OCH3 is 1. The molecule has 9 heteroatoms. The van der Waals surface area contributed by atoms with E-state index in [1.54, 1.807) is 29.1 Å². The Kier molecular flexibility index (Phi) is 8.39. The Balaban J connectivity index is 1.54. The second kappa shape index (κ2) is 11.5. The predicted molar refractivity (Wildman–Crippen MR) is 137 cm³/mol. The molecule has 36 heavy (non-hydrogen) atoms. The van der Waals surface area contributed by atoms with Gasteiger partial charge in [-0.1, -0.05) is 45.2 Å². The summed E-state index contributed by atoms with van der Waals surface area (Å²) in [5.74, 6) is 1.43. The molecule has 1 saturated carbocycles. The van der Waals surface area contributed by atoms with Crippen molar-refractivity contribution in [3.63, 3.8) is 0 Å². The van der Waals surface area contributed by atoms with Gasteiger partial charge in [-0.25, -0.2) is 14.8 Å². The van der Waals surface area contributed by atoms with Crippen LogP contribution in [0.4, 0.5) is 4.79 Å². The number of carbonyl (C=O) groups excluding carboxylic acids is 3. The van der Waals surface area contributed by atoms with E-state index in [9.17, 15) is 14.4 Å². The highest BCUT2D eigenvalue weighted by molar-refractivity contribution is 5.91. The highest BCUT2D eigenvalue weighted by Gasteiger charge is 2.50. The number of hydrogen-bond donors (Lipinski definition) is 1. The molecule has 2 heterocycles.